The molecule has 0 bridgehead atoms. The first-order valence-electron chi connectivity index (χ1n) is 9.87. The van der Waals surface area contributed by atoms with Crippen LogP contribution in [0.3, 0.4) is 0 Å². The van der Waals surface area contributed by atoms with Gasteiger partial charge in [-0.3, -0.25) is 14.7 Å². The summed E-state index contributed by atoms with van der Waals surface area (Å²) in [6.45, 7) is 6.32. The summed E-state index contributed by atoms with van der Waals surface area (Å²) in [7, 11) is 2.05. The van der Waals surface area contributed by atoms with Gasteiger partial charge in [0.25, 0.3) is 5.56 Å². The second kappa shape index (κ2) is 7.79. The van der Waals surface area contributed by atoms with Crippen LogP contribution in [-0.2, 0) is 12.7 Å². The molecule has 0 radical (unpaired) electrons. The molecule has 0 atom stereocenters. The summed E-state index contributed by atoms with van der Waals surface area (Å²) in [6, 6.07) is 1.68. The Labute approximate surface area is 172 Å². The molecule has 0 amide bonds. The van der Waals surface area contributed by atoms with Crippen molar-refractivity contribution in [3.63, 3.8) is 0 Å². The Hall–Kier alpha value is -2.81. The Balaban J connectivity index is 1.48. The van der Waals surface area contributed by atoms with E-state index < -0.39 is 17.3 Å². The lowest BCUT2D eigenvalue weighted by Gasteiger charge is -2.37. The maximum absolute atomic E-state index is 13.2. The lowest BCUT2D eigenvalue weighted by atomic mass is 10.1. The van der Waals surface area contributed by atoms with Gasteiger partial charge in [-0.15, -0.1) is 0 Å². The van der Waals surface area contributed by atoms with E-state index in [0.29, 0.717) is 17.4 Å². The lowest BCUT2D eigenvalue weighted by Crippen LogP contribution is -2.45. The first-order chi connectivity index (χ1) is 14.2. The zero-order valence-corrected chi connectivity index (χ0v) is 17.0. The van der Waals surface area contributed by atoms with Crippen LogP contribution in [0, 0.1) is 6.92 Å². The quantitative estimate of drug-likeness (QED) is 0.829. The fourth-order valence-electron chi connectivity index (χ4n) is 4.06. The monoisotopic (exact) mass is 419 g/mol. The number of H-pyrrole nitrogens is 1. The van der Waals surface area contributed by atoms with Gasteiger partial charge in [0, 0.05) is 64.1 Å². The highest BCUT2D eigenvalue weighted by atomic mass is 19.4. The van der Waals surface area contributed by atoms with Gasteiger partial charge in [0.15, 0.2) is 0 Å². The molecule has 0 aromatic carbocycles. The summed E-state index contributed by atoms with van der Waals surface area (Å²) in [5.41, 5.74) is -0.0418. The third-order valence-corrected chi connectivity index (χ3v) is 5.66. The van der Waals surface area contributed by atoms with E-state index >= 15 is 0 Å². The van der Waals surface area contributed by atoms with Crippen LogP contribution in [0.1, 0.15) is 16.8 Å². The molecular weight excluding hydrogens is 395 g/mol. The molecule has 30 heavy (non-hydrogen) atoms. The molecule has 2 aromatic rings. The molecule has 1 N–H and O–H groups in total. The Morgan fingerprint density at radius 3 is 2.60 bits per heavy atom. The maximum atomic E-state index is 13.2. The number of hydrogen-bond donors (Lipinski definition) is 1. The highest BCUT2D eigenvalue weighted by Crippen LogP contribution is 2.31. The molecule has 0 saturated carbocycles. The van der Waals surface area contributed by atoms with Gasteiger partial charge in [0.05, 0.1) is 16.9 Å². The van der Waals surface area contributed by atoms with E-state index in [-0.39, 0.29) is 5.56 Å². The molecule has 2 aromatic heterocycles. The number of aromatic amines is 1. The number of aromatic nitrogens is 2. The van der Waals surface area contributed by atoms with Crippen LogP contribution >= 0.6 is 0 Å². The van der Waals surface area contributed by atoms with E-state index in [9.17, 15) is 18.0 Å². The Morgan fingerprint density at radius 1 is 1.20 bits per heavy atom. The largest absolute Gasteiger partial charge is 0.421 e. The smallest absolute Gasteiger partial charge is 0.375 e. The van der Waals surface area contributed by atoms with Crippen LogP contribution in [0.2, 0.25) is 0 Å². The maximum Gasteiger partial charge on any atom is 0.421 e. The first kappa shape index (κ1) is 20.5. The molecule has 4 heterocycles. The predicted molar refractivity (Wildman–Crippen MR) is 109 cm³/mol. The number of likely N-dealkylation sites (N-methyl/N-ethyl adjacent to an activating group) is 1. The number of pyridine rings is 2. The highest BCUT2D eigenvalue weighted by Gasteiger charge is 2.36. The van der Waals surface area contributed by atoms with E-state index in [4.69, 9.17) is 0 Å². The third-order valence-electron chi connectivity index (χ3n) is 5.66. The van der Waals surface area contributed by atoms with Crippen LogP contribution < -0.4 is 5.56 Å². The van der Waals surface area contributed by atoms with Crippen molar-refractivity contribution in [1.82, 2.24) is 24.7 Å². The fraction of sp³-hybridized carbons (Fsp3) is 0.429. The number of alkyl halides is 3. The number of nitrogens with zero attached hydrogens (tertiary/aromatic N) is 4. The molecule has 1 fully saturated rings. The number of aryl methyl sites for hydroxylation is 1. The minimum atomic E-state index is -4.69. The number of allylic oxidation sites excluding steroid dienone is 1. The van der Waals surface area contributed by atoms with Crippen LogP contribution in [0.5, 0.6) is 0 Å². The van der Waals surface area contributed by atoms with Crippen molar-refractivity contribution in [2.45, 2.75) is 19.6 Å². The van der Waals surface area contributed by atoms with E-state index in [1.54, 1.807) is 6.07 Å². The normalized spacial score (nSPS) is 18.2. The molecule has 0 spiro atoms. The molecule has 2 aliphatic rings. The zero-order chi connectivity index (χ0) is 21.5. The van der Waals surface area contributed by atoms with Crippen LogP contribution in [0.25, 0.3) is 10.9 Å². The molecule has 6 nitrogen and oxygen atoms in total. The minimum absolute atomic E-state index is 0.0901. The molecule has 1 saturated heterocycles. The second-order valence-corrected chi connectivity index (χ2v) is 7.83. The molecule has 0 aliphatic carbocycles. The van der Waals surface area contributed by atoms with E-state index in [0.717, 1.165) is 38.4 Å². The van der Waals surface area contributed by atoms with E-state index in [2.05, 4.69) is 50.1 Å². The first-order valence-corrected chi connectivity index (χ1v) is 9.87. The molecule has 2 aliphatic heterocycles. The van der Waals surface area contributed by atoms with Gasteiger partial charge in [-0.25, -0.2) is 0 Å². The molecular formula is C21H24F3N5O. The molecule has 9 heteroatoms. The van der Waals surface area contributed by atoms with Gasteiger partial charge >= 0.3 is 6.18 Å². The Kier molecular flexibility index (Phi) is 5.31. The Bertz CT molecular complexity index is 1060. The third kappa shape index (κ3) is 4.07. The van der Waals surface area contributed by atoms with E-state index in [1.807, 2.05) is 0 Å². The van der Waals surface area contributed by atoms with Gasteiger partial charge in [-0.05, 0) is 24.6 Å². The summed E-state index contributed by atoms with van der Waals surface area (Å²) in [6.07, 6.45) is 3.17. The zero-order valence-electron chi connectivity index (χ0n) is 17.0. The predicted octanol–water partition coefficient (Wildman–Crippen LogP) is 2.71. The number of halogens is 3. The SMILES string of the molecule is Cc1c(C(F)(F)F)c(=O)[nH]c2cc(CN3CCN(C4=CN(C)CC=C4)CC3)ncc12. The van der Waals surface area contributed by atoms with Gasteiger partial charge in [-0.1, -0.05) is 6.08 Å². The van der Waals surface area contributed by atoms with Crippen LogP contribution in [0.15, 0.2) is 41.1 Å². The van der Waals surface area contributed by atoms with Crippen molar-refractivity contribution >= 4 is 10.9 Å². The van der Waals surface area contributed by atoms with Crippen molar-refractivity contribution in [2.24, 2.45) is 0 Å². The number of nitrogens with one attached hydrogen (secondary N) is 1. The van der Waals surface area contributed by atoms with Gasteiger partial charge in [0.1, 0.15) is 5.56 Å². The average Bonchev–Trinajstić information content (AvgIpc) is 2.67. The summed E-state index contributed by atoms with van der Waals surface area (Å²) >= 11 is 0. The highest BCUT2D eigenvalue weighted by molar-refractivity contribution is 5.82. The van der Waals surface area contributed by atoms with Crippen molar-refractivity contribution in [3.8, 4) is 0 Å². The topological polar surface area (TPSA) is 55.5 Å². The number of rotatable bonds is 3. The van der Waals surface area contributed by atoms with Crippen LogP contribution in [-0.4, -0.2) is 64.4 Å². The van der Waals surface area contributed by atoms with Crippen molar-refractivity contribution in [1.29, 1.82) is 0 Å². The van der Waals surface area contributed by atoms with Crippen molar-refractivity contribution < 1.29 is 13.2 Å². The molecule has 160 valence electrons. The van der Waals surface area contributed by atoms with Crippen LogP contribution in [0.4, 0.5) is 13.2 Å². The number of piperazine rings is 1. The summed E-state index contributed by atoms with van der Waals surface area (Å²) in [5.74, 6) is 0. The van der Waals surface area contributed by atoms with Gasteiger partial charge < -0.3 is 14.8 Å². The average molecular weight is 419 g/mol. The summed E-state index contributed by atoms with van der Waals surface area (Å²) in [4.78, 5) is 25.5. The second-order valence-electron chi connectivity index (χ2n) is 7.83. The number of hydrogen-bond acceptors (Lipinski definition) is 5. The van der Waals surface area contributed by atoms with Gasteiger partial charge in [0.2, 0.25) is 0 Å². The molecule has 0 unspecified atom stereocenters. The standard InChI is InChI=1S/C21H24F3N5O/c1-14-17-11-25-15(10-18(17)26-20(30)19(14)21(22,23)24)12-28-6-8-29(9-7-28)16-4-3-5-27(2)13-16/h3-4,10-11,13H,5-9,12H2,1-2H3,(H,26,30). The van der Waals surface area contributed by atoms with Crippen molar-refractivity contribution in [3.05, 3.63) is 63.5 Å². The van der Waals surface area contributed by atoms with Gasteiger partial charge in [-0.2, -0.15) is 13.2 Å². The van der Waals surface area contributed by atoms with E-state index in [1.165, 1.54) is 18.8 Å². The number of fused-ring (bicyclic) bond motifs is 1. The summed E-state index contributed by atoms with van der Waals surface area (Å²) in [5, 5.41) is 0.315. The minimum Gasteiger partial charge on any atom is -0.375 e. The lowest BCUT2D eigenvalue weighted by molar-refractivity contribution is -0.139. The van der Waals surface area contributed by atoms with Crippen molar-refractivity contribution in [2.75, 3.05) is 39.8 Å². The fourth-order valence-corrected chi connectivity index (χ4v) is 4.06. The summed E-state index contributed by atoms with van der Waals surface area (Å²) < 4.78 is 39.5. The Morgan fingerprint density at radius 2 is 1.93 bits per heavy atom. The molecule has 4 rings (SSSR count).